The molecule has 0 bridgehead atoms. The summed E-state index contributed by atoms with van der Waals surface area (Å²) in [5.41, 5.74) is 2.00. The molecule has 0 atom stereocenters. The molecule has 0 aliphatic rings. The first-order valence-electron chi connectivity index (χ1n) is 4.78. The molecular formula is C12H10N2O2. The summed E-state index contributed by atoms with van der Waals surface area (Å²) in [5.74, 6) is 0. The number of carboxylic acid groups (broad SMARTS) is 1. The van der Waals surface area contributed by atoms with Crippen molar-refractivity contribution >= 4 is 11.8 Å². The average Bonchev–Trinajstić information content (AvgIpc) is 2.30. The molecule has 0 saturated carbocycles. The number of hydrogen-bond donors (Lipinski definition) is 2. The molecule has 0 aliphatic heterocycles. The summed E-state index contributed by atoms with van der Waals surface area (Å²) in [6.07, 6.45) is 0.542. The van der Waals surface area contributed by atoms with Gasteiger partial charge in [0.15, 0.2) is 0 Å². The Bertz CT molecular complexity index is 497. The molecule has 0 spiro atoms. The second-order valence-electron chi connectivity index (χ2n) is 3.20. The van der Waals surface area contributed by atoms with Gasteiger partial charge in [-0.3, -0.25) is 10.3 Å². The largest absolute Gasteiger partial charge is 0.465 e. The highest BCUT2D eigenvalue weighted by Crippen LogP contribution is 2.24. The number of anilines is 1. The number of amides is 1. The number of nitrogens with zero attached hydrogens (tertiary/aromatic N) is 1. The van der Waals surface area contributed by atoms with Crippen LogP contribution in [0.25, 0.3) is 11.3 Å². The number of benzene rings is 1. The second kappa shape index (κ2) is 4.44. The molecule has 2 N–H and O–H groups in total. The number of rotatable bonds is 2. The Kier molecular flexibility index (Phi) is 2.82. The molecule has 0 saturated heterocycles. The predicted molar refractivity (Wildman–Crippen MR) is 61.3 cm³/mol. The van der Waals surface area contributed by atoms with Crippen LogP contribution in [0.4, 0.5) is 10.5 Å². The zero-order valence-corrected chi connectivity index (χ0v) is 8.42. The van der Waals surface area contributed by atoms with Crippen LogP contribution < -0.4 is 5.32 Å². The van der Waals surface area contributed by atoms with Gasteiger partial charge in [-0.2, -0.15) is 0 Å². The van der Waals surface area contributed by atoms with Crippen LogP contribution in [0.3, 0.4) is 0 Å². The molecule has 1 amide bonds. The van der Waals surface area contributed by atoms with Gasteiger partial charge >= 0.3 is 6.09 Å². The first-order chi connectivity index (χ1) is 7.77. The Balaban J connectivity index is 2.44. The van der Waals surface area contributed by atoms with Crippen molar-refractivity contribution in [2.24, 2.45) is 0 Å². The van der Waals surface area contributed by atoms with Crippen LogP contribution in [-0.2, 0) is 0 Å². The maximum atomic E-state index is 10.6. The van der Waals surface area contributed by atoms with E-state index < -0.39 is 6.09 Å². The quantitative estimate of drug-likeness (QED) is 0.807. The van der Waals surface area contributed by atoms with Crippen LogP contribution >= 0.6 is 0 Å². The van der Waals surface area contributed by atoms with E-state index in [-0.39, 0.29) is 0 Å². The minimum atomic E-state index is -1.09. The van der Waals surface area contributed by atoms with Crippen LogP contribution in [0.5, 0.6) is 0 Å². The molecule has 16 heavy (non-hydrogen) atoms. The summed E-state index contributed by atoms with van der Waals surface area (Å²) in [6, 6.07) is 12.8. The van der Waals surface area contributed by atoms with Gasteiger partial charge in [-0.15, -0.1) is 0 Å². The van der Waals surface area contributed by atoms with E-state index in [2.05, 4.69) is 10.3 Å². The molecule has 1 aromatic heterocycles. The van der Waals surface area contributed by atoms with E-state index in [4.69, 9.17) is 5.11 Å². The lowest BCUT2D eigenvalue weighted by Gasteiger charge is -2.07. The Hall–Kier alpha value is -2.36. The second-order valence-corrected chi connectivity index (χ2v) is 3.20. The van der Waals surface area contributed by atoms with Crippen molar-refractivity contribution in [3.63, 3.8) is 0 Å². The van der Waals surface area contributed by atoms with Gasteiger partial charge in [0.1, 0.15) is 0 Å². The minimum absolute atomic E-state index is 0.487. The van der Waals surface area contributed by atoms with E-state index in [1.54, 1.807) is 18.3 Å². The zero-order valence-electron chi connectivity index (χ0n) is 8.42. The number of pyridine rings is 1. The Labute approximate surface area is 92.6 Å². The average molecular weight is 214 g/mol. The third-order valence-electron chi connectivity index (χ3n) is 2.10. The Morgan fingerprint density at radius 3 is 2.56 bits per heavy atom. The monoisotopic (exact) mass is 214 g/mol. The zero-order chi connectivity index (χ0) is 11.4. The molecule has 4 heteroatoms. The van der Waals surface area contributed by atoms with Crippen molar-refractivity contribution in [2.45, 2.75) is 0 Å². The molecule has 0 fully saturated rings. The van der Waals surface area contributed by atoms with E-state index in [0.717, 1.165) is 5.56 Å². The van der Waals surface area contributed by atoms with Gasteiger partial charge in [-0.05, 0) is 12.1 Å². The van der Waals surface area contributed by atoms with Crippen molar-refractivity contribution in [3.05, 3.63) is 48.7 Å². The van der Waals surface area contributed by atoms with Crippen molar-refractivity contribution in [3.8, 4) is 11.3 Å². The fourth-order valence-corrected chi connectivity index (χ4v) is 1.45. The van der Waals surface area contributed by atoms with Crippen LogP contribution in [0.1, 0.15) is 0 Å². The third kappa shape index (κ3) is 2.17. The van der Waals surface area contributed by atoms with Crippen LogP contribution in [0, 0.1) is 0 Å². The summed E-state index contributed by atoms with van der Waals surface area (Å²) in [5, 5.41) is 11.0. The molecular weight excluding hydrogens is 204 g/mol. The number of aromatic nitrogens is 1. The lowest BCUT2D eigenvalue weighted by atomic mass is 10.1. The van der Waals surface area contributed by atoms with Gasteiger partial charge in [0, 0.05) is 11.8 Å². The molecule has 1 heterocycles. The van der Waals surface area contributed by atoms with Gasteiger partial charge in [0.05, 0.1) is 11.4 Å². The van der Waals surface area contributed by atoms with E-state index >= 15 is 0 Å². The van der Waals surface area contributed by atoms with Crippen LogP contribution in [0.15, 0.2) is 48.7 Å². The van der Waals surface area contributed by atoms with Crippen LogP contribution in [0.2, 0.25) is 0 Å². The van der Waals surface area contributed by atoms with Crippen molar-refractivity contribution in [1.82, 2.24) is 4.98 Å². The molecule has 80 valence electrons. The summed E-state index contributed by atoms with van der Waals surface area (Å²) in [6.45, 7) is 0. The summed E-state index contributed by atoms with van der Waals surface area (Å²) < 4.78 is 0. The van der Waals surface area contributed by atoms with Gasteiger partial charge in [-0.25, -0.2) is 4.79 Å². The molecule has 0 unspecified atom stereocenters. The van der Waals surface area contributed by atoms with E-state index in [9.17, 15) is 4.79 Å². The summed E-state index contributed by atoms with van der Waals surface area (Å²) >= 11 is 0. The Morgan fingerprint density at radius 2 is 1.88 bits per heavy atom. The van der Waals surface area contributed by atoms with Crippen LogP contribution in [-0.4, -0.2) is 16.2 Å². The normalized spacial score (nSPS) is 9.75. The molecule has 0 aliphatic carbocycles. The number of hydrogen-bond acceptors (Lipinski definition) is 2. The van der Waals surface area contributed by atoms with Crippen molar-refractivity contribution in [2.75, 3.05) is 5.32 Å². The number of carbonyl (C=O) groups is 1. The van der Waals surface area contributed by atoms with E-state index in [1.165, 1.54) is 0 Å². The van der Waals surface area contributed by atoms with Gasteiger partial charge in [-0.1, -0.05) is 30.3 Å². The standard InChI is InChI=1S/C12H10N2O2/c15-12(16)14-10-7-4-8-13-11(10)9-5-2-1-3-6-9/h1-8,14H,(H,15,16). The van der Waals surface area contributed by atoms with E-state index in [0.29, 0.717) is 11.4 Å². The first-order valence-corrected chi connectivity index (χ1v) is 4.78. The van der Waals surface area contributed by atoms with Crippen molar-refractivity contribution < 1.29 is 9.90 Å². The highest BCUT2D eigenvalue weighted by molar-refractivity contribution is 5.88. The number of nitrogens with one attached hydrogen (secondary N) is 1. The van der Waals surface area contributed by atoms with Crippen molar-refractivity contribution in [1.29, 1.82) is 0 Å². The highest BCUT2D eigenvalue weighted by atomic mass is 16.4. The van der Waals surface area contributed by atoms with E-state index in [1.807, 2.05) is 30.3 Å². The molecule has 1 aromatic carbocycles. The minimum Gasteiger partial charge on any atom is -0.465 e. The van der Waals surface area contributed by atoms with Gasteiger partial charge in [0.25, 0.3) is 0 Å². The third-order valence-corrected chi connectivity index (χ3v) is 2.10. The molecule has 0 radical (unpaired) electrons. The maximum Gasteiger partial charge on any atom is 0.409 e. The highest BCUT2D eigenvalue weighted by Gasteiger charge is 2.07. The fourth-order valence-electron chi connectivity index (χ4n) is 1.45. The SMILES string of the molecule is O=C(O)Nc1cccnc1-c1ccccc1. The smallest absolute Gasteiger partial charge is 0.409 e. The molecule has 2 aromatic rings. The van der Waals surface area contributed by atoms with Gasteiger partial charge in [0.2, 0.25) is 0 Å². The lowest BCUT2D eigenvalue weighted by molar-refractivity contribution is 0.210. The fraction of sp³-hybridized carbons (Fsp3) is 0. The summed E-state index contributed by atoms with van der Waals surface area (Å²) in [4.78, 5) is 14.8. The maximum absolute atomic E-state index is 10.6. The first kappa shape index (κ1) is 10.2. The molecule has 4 nitrogen and oxygen atoms in total. The summed E-state index contributed by atoms with van der Waals surface area (Å²) in [7, 11) is 0. The lowest BCUT2D eigenvalue weighted by Crippen LogP contribution is -2.08. The molecule has 2 rings (SSSR count). The Morgan fingerprint density at radius 1 is 1.12 bits per heavy atom. The van der Waals surface area contributed by atoms with Gasteiger partial charge < -0.3 is 5.11 Å². The predicted octanol–water partition coefficient (Wildman–Crippen LogP) is 2.84. The topological polar surface area (TPSA) is 62.2 Å².